The highest BCUT2D eigenvalue weighted by Crippen LogP contribution is 2.20. The number of aromatic carboxylic acids is 1. The topological polar surface area (TPSA) is 59.4 Å². The first-order chi connectivity index (χ1) is 9.16. The molecule has 0 amide bonds. The van der Waals surface area contributed by atoms with Gasteiger partial charge in [-0.2, -0.15) is 0 Å². The number of carboxylic acids is 1. The molecule has 1 heterocycles. The van der Waals surface area contributed by atoms with Crippen LogP contribution in [0.2, 0.25) is 0 Å². The lowest BCUT2D eigenvalue weighted by atomic mass is 10.2. The summed E-state index contributed by atoms with van der Waals surface area (Å²) in [5.41, 5.74) is 0.776. The number of ether oxygens (including phenoxy) is 1. The van der Waals surface area contributed by atoms with E-state index in [0.717, 1.165) is 17.8 Å². The SMILES string of the molecule is O=C(O)c1ccc(F)cc1OCCc1ccccn1. The Hall–Kier alpha value is -2.43. The molecule has 0 aliphatic heterocycles. The summed E-state index contributed by atoms with van der Waals surface area (Å²) in [6.07, 6.45) is 2.19. The number of hydrogen-bond donors (Lipinski definition) is 1. The second-order valence-corrected chi connectivity index (χ2v) is 3.87. The van der Waals surface area contributed by atoms with Gasteiger partial charge in [0.2, 0.25) is 0 Å². The monoisotopic (exact) mass is 261 g/mol. The van der Waals surface area contributed by atoms with E-state index >= 15 is 0 Å². The van der Waals surface area contributed by atoms with E-state index in [-0.39, 0.29) is 17.9 Å². The van der Waals surface area contributed by atoms with Gasteiger partial charge in [0.15, 0.2) is 0 Å². The van der Waals surface area contributed by atoms with Crippen LogP contribution in [0, 0.1) is 5.82 Å². The summed E-state index contributed by atoms with van der Waals surface area (Å²) in [7, 11) is 0. The van der Waals surface area contributed by atoms with E-state index in [1.807, 2.05) is 12.1 Å². The molecule has 0 saturated carbocycles. The summed E-state index contributed by atoms with van der Waals surface area (Å²) < 4.78 is 18.4. The van der Waals surface area contributed by atoms with E-state index in [4.69, 9.17) is 9.84 Å². The van der Waals surface area contributed by atoms with Crippen LogP contribution in [-0.4, -0.2) is 22.7 Å². The molecule has 0 unspecified atom stereocenters. The molecule has 0 fully saturated rings. The fraction of sp³-hybridized carbons (Fsp3) is 0.143. The molecule has 2 aromatic rings. The molecule has 0 radical (unpaired) electrons. The Morgan fingerprint density at radius 3 is 2.84 bits per heavy atom. The maximum Gasteiger partial charge on any atom is 0.339 e. The van der Waals surface area contributed by atoms with Gasteiger partial charge >= 0.3 is 5.97 Å². The highest BCUT2D eigenvalue weighted by Gasteiger charge is 2.12. The van der Waals surface area contributed by atoms with Gasteiger partial charge in [-0.15, -0.1) is 0 Å². The minimum atomic E-state index is -1.15. The number of carboxylic acid groups (broad SMARTS) is 1. The van der Waals surface area contributed by atoms with Crippen LogP contribution in [0.4, 0.5) is 4.39 Å². The van der Waals surface area contributed by atoms with Crippen molar-refractivity contribution in [2.24, 2.45) is 0 Å². The van der Waals surface area contributed by atoms with Gasteiger partial charge in [-0.3, -0.25) is 4.98 Å². The highest BCUT2D eigenvalue weighted by molar-refractivity contribution is 5.90. The molecule has 0 bridgehead atoms. The summed E-state index contributed by atoms with van der Waals surface area (Å²) in [6, 6.07) is 8.85. The minimum Gasteiger partial charge on any atom is -0.492 e. The maximum atomic E-state index is 13.1. The average Bonchev–Trinajstić information content (AvgIpc) is 2.39. The van der Waals surface area contributed by atoms with Gasteiger partial charge in [-0.05, 0) is 24.3 Å². The third kappa shape index (κ3) is 3.51. The molecule has 1 aromatic heterocycles. The average molecular weight is 261 g/mol. The quantitative estimate of drug-likeness (QED) is 0.898. The van der Waals surface area contributed by atoms with Crippen molar-refractivity contribution >= 4 is 5.97 Å². The summed E-state index contributed by atoms with van der Waals surface area (Å²) in [6.45, 7) is 0.237. The summed E-state index contributed by atoms with van der Waals surface area (Å²) in [5.74, 6) is -1.64. The van der Waals surface area contributed by atoms with Crippen LogP contribution >= 0.6 is 0 Å². The molecule has 0 spiro atoms. The van der Waals surface area contributed by atoms with Crippen molar-refractivity contribution in [1.82, 2.24) is 4.98 Å². The van der Waals surface area contributed by atoms with Crippen LogP contribution in [0.5, 0.6) is 5.75 Å². The molecule has 0 atom stereocenters. The van der Waals surface area contributed by atoms with Gasteiger partial charge in [0.05, 0.1) is 6.61 Å². The van der Waals surface area contributed by atoms with Crippen molar-refractivity contribution in [3.8, 4) is 5.75 Å². The molecule has 1 aromatic carbocycles. The molecule has 0 saturated heterocycles. The number of halogens is 1. The zero-order chi connectivity index (χ0) is 13.7. The Morgan fingerprint density at radius 2 is 2.16 bits per heavy atom. The lowest BCUT2D eigenvalue weighted by Gasteiger charge is -2.08. The van der Waals surface area contributed by atoms with Crippen molar-refractivity contribution < 1.29 is 19.0 Å². The molecule has 4 nitrogen and oxygen atoms in total. The number of pyridine rings is 1. The van der Waals surface area contributed by atoms with Crippen LogP contribution in [0.1, 0.15) is 16.1 Å². The molecular weight excluding hydrogens is 249 g/mol. The number of nitrogens with zero attached hydrogens (tertiary/aromatic N) is 1. The molecule has 0 aliphatic rings. The number of benzene rings is 1. The van der Waals surface area contributed by atoms with E-state index in [1.165, 1.54) is 6.07 Å². The zero-order valence-corrected chi connectivity index (χ0v) is 10.0. The van der Waals surface area contributed by atoms with Crippen LogP contribution in [0.3, 0.4) is 0 Å². The predicted molar refractivity (Wildman–Crippen MR) is 66.8 cm³/mol. The Labute approximate surface area is 109 Å². The lowest BCUT2D eigenvalue weighted by Crippen LogP contribution is -2.07. The molecule has 2 rings (SSSR count). The van der Waals surface area contributed by atoms with Crippen molar-refractivity contribution in [2.45, 2.75) is 6.42 Å². The maximum absolute atomic E-state index is 13.1. The second-order valence-electron chi connectivity index (χ2n) is 3.87. The second kappa shape index (κ2) is 5.95. The Bertz CT molecular complexity index is 572. The number of carbonyl (C=O) groups is 1. The van der Waals surface area contributed by atoms with Gasteiger partial charge < -0.3 is 9.84 Å². The van der Waals surface area contributed by atoms with Gasteiger partial charge in [0.1, 0.15) is 17.1 Å². The van der Waals surface area contributed by atoms with Crippen LogP contribution in [0.15, 0.2) is 42.6 Å². The van der Waals surface area contributed by atoms with Crippen molar-refractivity contribution in [3.05, 3.63) is 59.7 Å². The van der Waals surface area contributed by atoms with Gasteiger partial charge in [-0.1, -0.05) is 6.07 Å². The largest absolute Gasteiger partial charge is 0.492 e. The Balaban J connectivity index is 2.03. The normalized spacial score (nSPS) is 10.2. The standard InChI is InChI=1S/C14H12FNO3/c15-10-4-5-12(14(17)18)13(9-10)19-8-6-11-3-1-2-7-16-11/h1-5,7,9H,6,8H2,(H,17,18). The first kappa shape index (κ1) is 13.0. The van der Waals surface area contributed by atoms with Gasteiger partial charge in [0.25, 0.3) is 0 Å². The van der Waals surface area contributed by atoms with E-state index in [1.54, 1.807) is 12.3 Å². The molecule has 98 valence electrons. The highest BCUT2D eigenvalue weighted by atomic mass is 19.1. The van der Waals surface area contributed by atoms with E-state index in [9.17, 15) is 9.18 Å². The molecule has 19 heavy (non-hydrogen) atoms. The van der Waals surface area contributed by atoms with Crippen LogP contribution in [-0.2, 0) is 6.42 Å². The van der Waals surface area contributed by atoms with Gasteiger partial charge in [0, 0.05) is 24.4 Å². The first-order valence-electron chi connectivity index (χ1n) is 5.72. The molecule has 0 aliphatic carbocycles. The van der Waals surface area contributed by atoms with Crippen LogP contribution in [0.25, 0.3) is 0 Å². The minimum absolute atomic E-state index is 0.0310. The Morgan fingerprint density at radius 1 is 1.32 bits per heavy atom. The lowest BCUT2D eigenvalue weighted by molar-refractivity contribution is 0.0692. The van der Waals surface area contributed by atoms with Crippen molar-refractivity contribution in [3.63, 3.8) is 0 Å². The molecule has 1 N–H and O–H groups in total. The van der Waals surface area contributed by atoms with Crippen molar-refractivity contribution in [2.75, 3.05) is 6.61 Å². The zero-order valence-electron chi connectivity index (χ0n) is 10.0. The van der Waals surface area contributed by atoms with Gasteiger partial charge in [-0.25, -0.2) is 9.18 Å². The summed E-state index contributed by atoms with van der Waals surface area (Å²) >= 11 is 0. The van der Waals surface area contributed by atoms with E-state index in [0.29, 0.717) is 6.42 Å². The number of aromatic nitrogens is 1. The number of rotatable bonds is 5. The predicted octanol–water partition coefficient (Wildman–Crippen LogP) is 2.54. The van der Waals surface area contributed by atoms with E-state index in [2.05, 4.69) is 4.98 Å². The fourth-order valence-electron chi connectivity index (χ4n) is 1.60. The Kier molecular flexibility index (Phi) is 4.07. The third-order valence-electron chi connectivity index (χ3n) is 2.52. The third-order valence-corrected chi connectivity index (χ3v) is 2.52. The fourth-order valence-corrected chi connectivity index (χ4v) is 1.60. The first-order valence-corrected chi connectivity index (χ1v) is 5.72. The summed E-state index contributed by atoms with van der Waals surface area (Å²) in [4.78, 5) is 15.1. The molecular formula is C14H12FNO3. The van der Waals surface area contributed by atoms with Crippen LogP contribution < -0.4 is 4.74 Å². The number of hydrogen-bond acceptors (Lipinski definition) is 3. The van der Waals surface area contributed by atoms with Crippen molar-refractivity contribution in [1.29, 1.82) is 0 Å². The summed E-state index contributed by atoms with van der Waals surface area (Å²) in [5, 5.41) is 8.96. The molecule has 5 heteroatoms. The smallest absolute Gasteiger partial charge is 0.339 e. The van der Waals surface area contributed by atoms with E-state index < -0.39 is 11.8 Å².